The summed E-state index contributed by atoms with van der Waals surface area (Å²) in [4.78, 5) is 29.5. The van der Waals surface area contributed by atoms with Gasteiger partial charge in [0.1, 0.15) is 6.54 Å². The van der Waals surface area contributed by atoms with Crippen LogP contribution in [0.4, 0.5) is 0 Å². The fourth-order valence-corrected chi connectivity index (χ4v) is 4.39. The minimum absolute atomic E-state index is 0.0195. The number of nitrogens with zero attached hydrogens (tertiary/aromatic N) is 3. The maximum Gasteiger partial charge on any atom is 0.250 e. The number of ether oxygens (including phenoxy) is 1. The third-order valence-corrected chi connectivity index (χ3v) is 6.01. The molecule has 0 spiro atoms. The molecule has 0 unspecified atom stereocenters. The number of piperidine rings is 1. The topological polar surface area (TPSA) is 75.0 Å². The van der Waals surface area contributed by atoms with Gasteiger partial charge in [0.05, 0.1) is 24.9 Å². The number of hydrogen-bond donors (Lipinski definition) is 1. The number of morpholine rings is 1. The zero-order valence-electron chi connectivity index (χ0n) is 17.1. The molecule has 2 aromatic rings. The van der Waals surface area contributed by atoms with Crippen molar-refractivity contribution in [1.82, 2.24) is 14.4 Å². The monoisotopic (exact) mass is 411 g/mol. The number of aromatic nitrogens is 1. The molecule has 4 rings (SSSR count). The summed E-state index contributed by atoms with van der Waals surface area (Å²) in [5.74, 6) is -0.0838. The maximum absolute atomic E-state index is 13.2. The molecule has 1 aromatic heterocycles. The molecule has 7 nitrogen and oxygen atoms in total. The molecule has 0 radical (unpaired) electrons. The molecule has 0 saturated carbocycles. The summed E-state index contributed by atoms with van der Waals surface area (Å²) in [6.07, 6.45) is 2.80. The molecule has 3 heterocycles. The third kappa shape index (κ3) is 4.80. The molecule has 1 amide bonds. The van der Waals surface area contributed by atoms with Crippen molar-refractivity contribution in [2.75, 3.05) is 32.8 Å². The number of likely N-dealkylation sites (tertiary alicyclic amines) is 1. The minimum atomic E-state index is -0.222. The van der Waals surface area contributed by atoms with E-state index in [4.69, 9.17) is 4.74 Å². The number of aliphatic hydroxyl groups is 1. The van der Waals surface area contributed by atoms with Gasteiger partial charge >= 0.3 is 0 Å². The van der Waals surface area contributed by atoms with Gasteiger partial charge in [0.2, 0.25) is 5.91 Å². The second kappa shape index (κ2) is 9.55. The van der Waals surface area contributed by atoms with Crippen LogP contribution in [-0.2, 0) is 16.1 Å². The van der Waals surface area contributed by atoms with E-state index >= 15 is 0 Å². The van der Waals surface area contributed by atoms with Crippen LogP contribution in [0.3, 0.4) is 0 Å². The summed E-state index contributed by atoms with van der Waals surface area (Å²) in [6.45, 7) is 3.36. The van der Waals surface area contributed by atoms with Gasteiger partial charge in [-0.05, 0) is 24.5 Å². The van der Waals surface area contributed by atoms with E-state index in [1.807, 2.05) is 35.2 Å². The predicted molar refractivity (Wildman–Crippen MR) is 113 cm³/mol. The lowest BCUT2D eigenvalue weighted by Crippen LogP contribution is -2.53. The highest BCUT2D eigenvalue weighted by Crippen LogP contribution is 2.31. The van der Waals surface area contributed by atoms with E-state index in [9.17, 15) is 14.7 Å². The van der Waals surface area contributed by atoms with Gasteiger partial charge in [-0.15, -0.1) is 0 Å². The molecule has 1 N–H and O–H groups in total. The Labute approximate surface area is 176 Å². The van der Waals surface area contributed by atoms with Crippen molar-refractivity contribution in [2.24, 2.45) is 0 Å². The fourth-order valence-electron chi connectivity index (χ4n) is 4.39. The van der Waals surface area contributed by atoms with E-state index in [1.165, 1.54) is 10.6 Å². The van der Waals surface area contributed by atoms with Gasteiger partial charge in [0, 0.05) is 38.4 Å². The van der Waals surface area contributed by atoms with Gasteiger partial charge < -0.3 is 24.2 Å². The summed E-state index contributed by atoms with van der Waals surface area (Å²) in [5.41, 5.74) is 0.854. The van der Waals surface area contributed by atoms with Crippen molar-refractivity contribution in [2.45, 2.75) is 37.6 Å². The first-order valence-corrected chi connectivity index (χ1v) is 10.6. The summed E-state index contributed by atoms with van der Waals surface area (Å²) >= 11 is 0. The Hall–Kier alpha value is -2.48. The van der Waals surface area contributed by atoms with Gasteiger partial charge in [0.25, 0.3) is 5.56 Å². The molecule has 0 bridgehead atoms. The van der Waals surface area contributed by atoms with Crippen LogP contribution in [0.1, 0.15) is 24.4 Å². The number of pyridine rings is 1. The first-order valence-electron chi connectivity index (χ1n) is 10.6. The molecule has 2 aliphatic heterocycles. The molecular weight excluding hydrogens is 382 g/mol. The van der Waals surface area contributed by atoms with E-state index in [0.717, 1.165) is 31.5 Å². The zero-order valence-corrected chi connectivity index (χ0v) is 17.1. The first kappa shape index (κ1) is 20.8. The zero-order chi connectivity index (χ0) is 20.9. The van der Waals surface area contributed by atoms with Gasteiger partial charge in [0.15, 0.2) is 0 Å². The SMILES string of the molecule is O=C(Cn1ccccc1=O)N1CCO[C@@H](CN2CCC(O)CC2)[C@@H]1c1ccccc1. The Morgan fingerprint density at radius 3 is 2.50 bits per heavy atom. The average molecular weight is 412 g/mol. The third-order valence-electron chi connectivity index (χ3n) is 6.01. The number of aliphatic hydroxyl groups excluding tert-OH is 1. The Morgan fingerprint density at radius 2 is 1.77 bits per heavy atom. The number of carbonyl (C=O) groups excluding carboxylic acids is 1. The molecule has 2 saturated heterocycles. The highest BCUT2D eigenvalue weighted by atomic mass is 16.5. The summed E-state index contributed by atoms with van der Waals surface area (Å²) in [6, 6.07) is 14.7. The van der Waals surface area contributed by atoms with Crippen molar-refractivity contribution < 1.29 is 14.6 Å². The number of amides is 1. The minimum Gasteiger partial charge on any atom is -0.393 e. The summed E-state index contributed by atoms with van der Waals surface area (Å²) in [5, 5.41) is 9.80. The number of benzene rings is 1. The van der Waals surface area contributed by atoms with E-state index in [-0.39, 0.29) is 36.3 Å². The van der Waals surface area contributed by atoms with Crippen molar-refractivity contribution >= 4 is 5.91 Å². The first-order chi connectivity index (χ1) is 14.6. The largest absolute Gasteiger partial charge is 0.393 e. The van der Waals surface area contributed by atoms with Gasteiger partial charge in [-0.25, -0.2) is 0 Å². The van der Waals surface area contributed by atoms with Crippen molar-refractivity contribution in [3.8, 4) is 0 Å². The molecule has 7 heteroatoms. The second-order valence-corrected chi connectivity index (χ2v) is 8.05. The highest BCUT2D eigenvalue weighted by molar-refractivity contribution is 5.76. The lowest BCUT2D eigenvalue weighted by Gasteiger charge is -2.44. The average Bonchev–Trinajstić information content (AvgIpc) is 2.77. The fraction of sp³-hybridized carbons (Fsp3) is 0.478. The van der Waals surface area contributed by atoms with Crippen LogP contribution < -0.4 is 5.56 Å². The van der Waals surface area contributed by atoms with Crippen LogP contribution in [0.5, 0.6) is 0 Å². The van der Waals surface area contributed by atoms with Crippen molar-refractivity contribution in [1.29, 1.82) is 0 Å². The van der Waals surface area contributed by atoms with Gasteiger partial charge in [-0.3, -0.25) is 9.59 Å². The molecule has 2 aliphatic rings. The molecular formula is C23H29N3O4. The van der Waals surface area contributed by atoms with E-state index in [1.54, 1.807) is 18.3 Å². The van der Waals surface area contributed by atoms with E-state index in [0.29, 0.717) is 19.7 Å². The molecule has 1 aromatic carbocycles. The highest BCUT2D eigenvalue weighted by Gasteiger charge is 2.37. The Bertz CT molecular complexity index is 893. The van der Waals surface area contributed by atoms with Crippen LogP contribution in [0.15, 0.2) is 59.5 Å². The van der Waals surface area contributed by atoms with Crippen LogP contribution in [-0.4, -0.2) is 70.4 Å². The number of hydrogen-bond acceptors (Lipinski definition) is 5. The smallest absolute Gasteiger partial charge is 0.250 e. The van der Waals surface area contributed by atoms with Crippen LogP contribution in [0.2, 0.25) is 0 Å². The number of carbonyl (C=O) groups is 1. The molecule has 2 atom stereocenters. The molecule has 2 fully saturated rings. The van der Waals surface area contributed by atoms with Gasteiger partial charge in [-0.2, -0.15) is 0 Å². The predicted octanol–water partition coefficient (Wildman–Crippen LogP) is 1.27. The van der Waals surface area contributed by atoms with Crippen molar-refractivity contribution in [3.63, 3.8) is 0 Å². The Morgan fingerprint density at radius 1 is 1.03 bits per heavy atom. The second-order valence-electron chi connectivity index (χ2n) is 8.05. The summed E-state index contributed by atoms with van der Waals surface area (Å²) < 4.78 is 7.61. The molecule has 0 aliphatic carbocycles. The molecule has 160 valence electrons. The Balaban J connectivity index is 1.56. The van der Waals surface area contributed by atoms with Crippen LogP contribution in [0.25, 0.3) is 0 Å². The normalized spacial score (nSPS) is 23.4. The van der Waals surface area contributed by atoms with Crippen LogP contribution >= 0.6 is 0 Å². The summed E-state index contributed by atoms with van der Waals surface area (Å²) in [7, 11) is 0. The van der Waals surface area contributed by atoms with E-state index in [2.05, 4.69) is 4.90 Å². The lowest BCUT2D eigenvalue weighted by molar-refractivity contribution is -0.149. The molecule has 30 heavy (non-hydrogen) atoms. The standard InChI is InChI=1S/C23H29N3O4/c27-19-9-12-24(13-10-19)16-20-23(18-6-2-1-3-7-18)26(14-15-30-20)22(29)17-25-11-5-4-8-21(25)28/h1-8,11,19-20,23,27H,9-10,12-17H2/t20-,23-/m0/s1. The number of rotatable bonds is 5. The van der Waals surface area contributed by atoms with Crippen molar-refractivity contribution in [3.05, 3.63) is 70.6 Å². The van der Waals surface area contributed by atoms with E-state index < -0.39 is 0 Å². The Kier molecular flexibility index (Phi) is 6.62. The van der Waals surface area contributed by atoms with Crippen LogP contribution in [0, 0.1) is 0 Å². The quantitative estimate of drug-likeness (QED) is 0.802. The lowest BCUT2D eigenvalue weighted by atomic mass is 9.96. The van der Waals surface area contributed by atoms with Gasteiger partial charge in [-0.1, -0.05) is 36.4 Å². The maximum atomic E-state index is 13.2.